The molecule has 2 unspecified atom stereocenters. The molecule has 102 valence electrons. The fraction of sp³-hybridized carbons (Fsp3) is 0.750. The van der Waals surface area contributed by atoms with Gasteiger partial charge in [-0.15, -0.1) is 0 Å². The summed E-state index contributed by atoms with van der Waals surface area (Å²) in [7, 11) is 1.95. The first kappa shape index (κ1) is 14.0. The van der Waals surface area contributed by atoms with Crippen molar-refractivity contribution in [2.75, 3.05) is 19.8 Å². The van der Waals surface area contributed by atoms with Gasteiger partial charge in [-0.1, -0.05) is 6.92 Å². The van der Waals surface area contributed by atoms with E-state index in [2.05, 4.69) is 28.0 Å². The topological polar surface area (TPSA) is 62.3 Å². The van der Waals surface area contributed by atoms with Gasteiger partial charge in [-0.25, -0.2) is 0 Å². The van der Waals surface area contributed by atoms with Gasteiger partial charge in [0.2, 0.25) is 0 Å². The third-order valence-corrected chi connectivity index (χ3v) is 4.17. The lowest BCUT2D eigenvalue weighted by atomic mass is 10.1. The second kappa shape index (κ2) is 6.14. The van der Waals surface area contributed by atoms with Crippen molar-refractivity contribution in [1.82, 2.24) is 9.78 Å². The summed E-state index contributed by atoms with van der Waals surface area (Å²) in [4.78, 5) is 0. The SMILES string of the molecule is CCc1nn(C)c(CC(N)C2COCCO2)c1Br. The molecule has 0 aliphatic carbocycles. The number of aryl methyl sites for hydroxylation is 2. The molecule has 2 N–H and O–H groups in total. The molecule has 0 saturated carbocycles. The van der Waals surface area contributed by atoms with Gasteiger partial charge in [-0.2, -0.15) is 5.10 Å². The van der Waals surface area contributed by atoms with Gasteiger partial charge in [0.15, 0.2) is 0 Å². The fourth-order valence-electron chi connectivity index (χ4n) is 2.15. The van der Waals surface area contributed by atoms with Crippen LogP contribution in [0.15, 0.2) is 4.47 Å². The molecular weight excluding hydrogens is 298 g/mol. The second-order valence-corrected chi connectivity index (χ2v) is 5.33. The maximum atomic E-state index is 6.20. The standard InChI is InChI=1S/C12H20BrN3O2/c1-3-9-12(13)10(16(2)15-9)6-8(14)11-7-17-4-5-18-11/h8,11H,3-7,14H2,1-2H3. The van der Waals surface area contributed by atoms with E-state index in [0.29, 0.717) is 19.8 Å². The van der Waals surface area contributed by atoms with E-state index in [9.17, 15) is 0 Å². The van der Waals surface area contributed by atoms with Gasteiger partial charge >= 0.3 is 0 Å². The van der Waals surface area contributed by atoms with E-state index in [1.807, 2.05) is 11.7 Å². The largest absolute Gasteiger partial charge is 0.376 e. The predicted octanol–water partition coefficient (Wildman–Crippen LogP) is 1.03. The normalized spacial score (nSPS) is 22.1. The molecule has 1 aromatic rings. The maximum absolute atomic E-state index is 6.20. The summed E-state index contributed by atoms with van der Waals surface area (Å²) in [6, 6.07) is -0.0679. The summed E-state index contributed by atoms with van der Waals surface area (Å²) in [5.74, 6) is 0. The molecule has 18 heavy (non-hydrogen) atoms. The highest BCUT2D eigenvalue weighted by molar-refractivity contribution is 9.10. The van der Waals surface area contributed by atoms with Crippen molar-refractivity contribution in [2.45, 2.75) is 31.9 Å². The molecule has 1 saturated heterocycles. The molecule has 0 radical (unpaired) electrons. The molecule has 2 rings (SSSR count). The lowest BCUT2D eigenvalue weighted by Crippen LogP contribution is -2.45. The van der Waals surface area contributed by atoms with Crippen molar-refractivity contribution in [3.05, 3.63) is 15.9 Å². The average molecular weight is 318 g/mol. The van der Waals surface area contributed by atoms with E-state index in [0.717, 1.165) is 28.7 Å². The lowest BCUT2D eigenvalue weighted by Gasteiger charge is -2.28. The average Bonchev–Trinajstić information content (AvgIpc) is 2.67. The molecule has 1 fully saturated rings. The minimum absolute atomic E-state index is 0.0226. The Balaban J connectivity index is 2.06. The quantitative estimate of drug-likeness (QED) is 0.901. The van der Waals surface area contributed by atoms with Crippen molar-refractivity contribution in [1.29, 1.82) is 0 Å². The van der Waals surface area contributed by atoms with Gasteiger partial charge in [0.1, 0.15) is 0 Å². The van der Waals surface area contributed by atoms with E-state index in [1.165, 1.54) is 0 Å². The predicted molar refractivity (Wildman–Crippen MR) is 72.5 cm³/mol. The Bertz CT molecular complexity index is 402. The summed E-state index contributed by atoms with van der Waals surface area (Å²) in [5, 5.41) is 4.47. The summed E-state index contributed by atoms with van der Waals surface area (Å²) in [6.07, 6.45) is 1.62. The Morgan fingerprint density at radius 1 is 1.56 bits per heavy atom. The first-order valence-electron chi connectivity index (χ1n) is 6.28. The van der Waals surface area contributed by atoms with Crippen LogP contribution in [-0.4, -0.2) is 41.7 Å². The third kappa shape index (κ3) is 2.93. The Morgan fingerprint density at radius 2 is 2.33 bits per heavy atom. The van der Waals surface area contributed by atoms with Crippen LogP contribution in [-0.2, 0) is 29.4 Å². The monoisotopic (exact) mass is 317 g/mol. The first-order valence-corrected chi connectivity index (χ1v) is 7.08. The number of hydrogen-bond acceptors (Lipinski definition) is 4. The van der Waals surface area contributed by atoms with Crippen LogP contribution >= 0.6 is 15.9 Å². The Labute approximate surface area is 116 Å². The molecule has 5 nitrogen and oxygen atoms in total. The maximum Gasteiger partial charge on any atom is 0.0963 e. The van der Waals surface area contributed by atoms with Crippen molar-refractivity contribution in [3.63, 3.8) is 0 Å². The minimum Gasteiger partial charge on any atom is -0.376 e. The molecule has 2 heterocycles. The number of hydrogen-bond donors (Lipinski definition) is 1. The highest BCUT2D eigenvalue weighted by atomic mass is 79.9. The van der Waals surface area contributed by atoms with E-state index in [1.54, 1.807) is 0 Å². The van der Waals surface area contributed by atoms with E-state index in [4.69, 9.17) is 15.2 Å². The molecule has 1 aliphatic rings. The highest BCUT2D eigenvalue weighted by Crippen LogP contribution is 2.23. The van der Waals surface area contributed by atoms with E-state index >= 15 is 0 Å². The van der Waals surface area contributed by atoms with Crippen LogP contribution in [0, 0.1) is 0 Å². The van der Waals surface area contributed by atoms with Crippen LogP contribution in [0.2, 0.25) is 0 Å². The highest BCUT2D eigenvalue weighted by Gasteiger charge is 2.24. The van der Waals surface area contributed by atoms with Crippen molar-refractivity contribution in [3.8, 4) is 0 Å². The van der Waals surface area contributed by atoms with Gasteiger partial charge in [0.25, 0.3) is 0 Å². The minimum atomic E-state index is -0.0679. The van der Waals surface area contributed by atoms with Gasteiger partial charge in [0, 0.05) is 19.5 Å². The molecule has 1 aromatic heterocycles. The number of rotatable bonds is 4. The van der Waals surface area contributed by atoms with Crippen LogP contribution in [0.3, 0.4) is 0 Å². The molecule has 0 spiro atoms. The summed E-state index contributed by atoms with van der Waals surface area (Å²) in [5.41, 5.74) is 8.39. The lowest BCUT2D eigenvalue weighted by molar-refractivity contribution is -0.0969. The van der Waals surface area contributed by atoms with Gasteiger partial charge in [0.05, 0.1) is 41.8 Å². The second-order valence-electron chi connectivity index (χ2n) is 4.54. The van der Waals surface area contributed by atoms with Gasteiger partial charge in [-0.05, 0) is 22.4 Å². The van der Waals surface area contributed by atoms with E-state index < -0.39 is 0 Å². The fourth-order valence-corrected chi connectivity index (χ4v) is 2.93. The molecule has 0 bridgehead atoms. The zero-order valence-corrected chi connectivity index (χ0v) is 12.4. The number of halogens is 1. The van der Waals surface area contributed by atoms with Crippen molar-refractivity contribution >= 4 is 15.9 Å². The molecule has 1 aliphatic heterocycles. The summed E-state index contributed by atoms with van der Waals surface area (Å²) in [6.45, 7) is 3.97. The molecule has 2 atom stereocenters. The van der Waals surface area contributed by atoms with Gasteiger partial charge < -0.3 is 15.2 Å². The number of aromatic nitrogens is 2. The van der Waals surface area contributed by atoms with Gasteiger partial charge in [-0.3, -0.25) is 4.68 Å². The number of ether oxygens (including phenoxy) is 2. The van der Waals surface area contributed by atoms with Crippen LogP contribution in [0.4, 0.5) is 0 Å². The number of nitrogens with two attached hydrogens (primary N) is 1. The zero-order valence-electron chi connectivity index (χ0n) is 10.9. The smallest absolute Gasteiger partial charge is 0.0963 e. The van der Waals surface area contributed by atoms with Crippen LogP contribution in [0.1, 0.15) is 18.3 Å². The Morgan fingerprint density at radius 3 is 2.89 bits per heavy atom. The molecule has 6 heteroatoms. The molecular formula is C12H20BrN3O2. The Kier molecular flexibility index (Phi) is 4.77. The van der Waals surface area contributed by atoms with Crippen molar-refractivity contribution < 1.29 is 9.47 Å². The summed E-state index contributed by atoms with van der Waals surface area (Å²) >= 11 is 3.60. The van der Waals surface area contributed by atoms with Crippen LogP contribution in [0.5, 0.6) is 0 Å². The van der Waals surface area contributed by atoms with Crippen LogP contribution < -0.4 is 5.73 Å². The van der Waals surface area contributed by atoms with Crippen molar-refractivity contribution in [2.24, 2.45) is 12.8 Å². The Hall–Kier alpha value is -0.430. The molecule has 0 aromatic carbocycles. The molecule has 0 amide bonds. The zero-order chi connectivity index (χ0) is 13.1. The third-order valence-electron chi connectivity index (χ3n) is 3.25. The van der Waals surface area contributed by atoms with Crippen LogP contribution in [0.25, 0.3) is 0 Å². The number of nitrogens with zero attached hydrogens (tertiary/aromatic N) is 2. The summed E-state index contributed by atoms with van der Waals surface area (Å²) < 4.78 is 14.0. The first-order chi connectivity index (χ1) is 8.63. The van der Waals surface area contributed by atoms with E-state index in [-0.39, 0.29) is 12.1 Å².